The van der Waals surface area contributed by atoms with Crippen molar-refractivity contribution >= 4 is 11.9 Å². The molecule has 2 heterocycles. The summed E-state index contributed by atoms with van der Waals surface area (Å²) in [5.74, 6) is -1.36. The number of carbonyl (C=O) groups excluding carboxylic acids is 1. The fourth-order valence-electron chi connectivity index (χ4n) is 3.13. The molecule has 130 valence electrons. The Labute approximate surface area is 146 Å². The SMILES string of the molecule is COC1CC(C(=O)O)N(C(=O)c2cncc(-c3cccc(C)c3)c2)C1. The van der Waals surface area contributed by atoms with Crippen LogP contribution in [-0.4, -0.2) is 52.7 Å². The maximum atomic E-state index is 12.8. The van der Waals surface area contributed by atoms with Crippen LogP contribution in [0.25, 0.3) is 11.1 Å². The van der Waals surface area contributed by atoms with Crippen LogP contribution in [0.3, 0.4) is 0 Å². The van der Waals surface area contributed by atoms with Crippen molar-refractivity contribution in [3.8, 4) is 11.1 Å². The number of aromatic nitrogens is 1. The molecule has 6 nitrogen and oxygen atoms in total. The quantitative estimate of drug-likeness (QED) is 0.924. The molecule has 25 heavy (non-hydrogen) atoms. The van der Waals surface area contributed by atoms with Gasteiger partial charge in [0.15, 0.2) is 0 Å². The number of benzene rings is 1. The molecule has 3 rings (SSSR count). The van der Waals surface area contributed by atoms with Gasteiger partial charge in [-0.2, -0.15) is 0 Å². The van der Waals surface area contributed by atoms with Crippen molar-refractivity contribution in [1.82, 2.24) is 9.88 Å². The number of aryl methyl sites for hydroxylation is 1. The van der Waals surface area contributed by atoms with Crippen molar-refractivity contribution in [2.24, 2.45) is 0 Å². The first kappa shape index (κ1) is 17.1. The van der Waals surface area contributed by atoms with Gasteiger partial charge in [-0.25, -0.2) is 4.79 Å². The second kappa shape index (κ2) is 7.03. The summed E-state index contributed by atoms with van der Waals surface area (Å²) in [7, 11) is 1.53. The molecule has 6 heteroatoms. The van der Waals surface area contributed by atoms with Gasteiger partial charge in [0.05, 0.1) is 11.7 Å². The molecule has 1 aliphatic heterocycles. The van der Waals surface area contributed by atoms with Crippen LogP contribution >= 0.6 is 0 Å². The van der Waals surface area contributed by atoms with Crippen LogP contribution in [0.2, 0.25) is 0 Å². The second-order valence-electron chi connectivity index (χ2n) is 6.24. The molecule has 1 fully saturated rings. The van der Waals surface area contributed by atoms with Crippen molar-refractivity contribution in [2.75, 3.05) is 13.7 Å². The number of carbonyl (C=O) groups is 2. The van der Waals surface area contributed by atoms with Crippen LogP contribution in [0, 0.1) is 6.92 Å². The highest BCUT2D eigenvalue weighted by atomic mass is 16.5. The zero-order valence-electron chi connectivity index (χ0n) is 14.2. The number of aliphatic carboxylic acids is 1. The molecule has 0 radical (unpaired) electrons. The number of rotatable bonds is 4. The molecule has 0 spiro atoms. The second-order valence-corrected chi connectivity index (χ2v) is 6.24. The van der Waals surface area contributed by atoms with E-state index in [0.717, 1.165) is 16.7 Å². The minimum Gasteiger partial charge on any atom is -0.480 e. The Morgan fingerprint density at radius 2 is 2.04 bits per heavy atom. The summed E-state index contributed by atoms with van der Waals surface area (Å²) < 4.78 is 5.24. The molecular weight excluding hydrogens is 320 g/mol. The highest BCUT2D eigenvalue weighted by Crippen LogP contribution is 2.25. The molecule has 1 aromatic heterocycles. The van der Waals surface area contributed by atoms with E-state index in [1.165, 1.54) is 18.2 Å². The van der Waals surface area contributed by atoms with Crippen LogP contribution in [0.15, 0.2) is 42.7 Å². The Kier molecular flexibility index (Phi) is 4.81. The largest absolute Gasteiger partial charge is 0.480 e. The monoisotopic (exact) mass is 340 g/mol. The Morgan fingerprint density at radius 3 is 2.72 bits per heavy atom. The van der Waals surface area contributed by atoms with Gasteiger partial charge in [0, 0.05) is 38.0 Å². The zero-order chi connectivity index (χ0) is 18.0. The van der Waals surface area contributed by atoms with E-state index >= 15 is 0 Å². The van der Waals surface area contributed by atoms with Crippen molar-refractivity contribution in [2.45, 2.75) is 25.5 Å². The van der Waals surface area contributed by atoms with Crippen molar-refractivity contribution in [1.29, 1.82) is 0 Å². The van der Waals surface area contributed by atoms with Gasteiger partial charge in [-0.15, -0.1) is 0 Å². The number of methoxy groups -OCH3 is 1. The minimum absolute atomic E-state index is 0.265. The molecule has 1 N–H and O–H groups in total. The molecule has 1 saturated heterocycles. The maximum Gasteiger partial charge on any atom is 0.326 e. The number of nitrogens with zero attached hydrogens (tertiary/aromatic N) is 2. The summed E-state index contributed by atoms with van der Waals surface area (Å²) in [6.45, 7) is 2.26. The third-order valence-electron chi connectivity index (χ3n) is 4.48. The molecule has 1 amide bonds. The van der Waals surface area contributed by atoms with E-state index in [4.69, 9.17) is 4.74 Å². The van der Waals surface area contributed by atoms with Gasteiger partial charge in [-0.3, -0.25) is 9.78 Å². The average molecular weight is 340 g/mol. The number of pyridine rings is 1. The fraction of sp³-hybridized carbons (Fsp3) is 0.316. The number of carboxylic acids is 1. The first-order valence-corrected chi connectivity index (χ1v) is 8.08. The van der Waals surface area contributed by atoms with E-state index in [-0.39, 0.29) is 18.6 Å². The Morgan fingerprint density at radius 1 is 1.24 bits per heavy atom. The number of likely N-dealkylation sites (tertiary alicyclic amines) is 1. The molecule has 0 bridgehead atoms. The predicted molar refractivity (Wildman–Crippen MR) is 92.3 cm³/mol. The molecule has 0 aliphatic carbocycles. The Bertz CT molecular complexity index is 806. The predicted octanol–water partition coefficient (Wildman–Crippen LogP) is 2.37. The summed E-state index contributed by atoms with van der Waals surface area (Å²) >= 11 is 0. The van der Waals surface area contributed by atoms with Gasteiger partial charge >= 0.3 is 5.97 Å². The summed E-state index contributed by atoms with van der Waals surface area (Å²) in [4.78, 5) is 29.8. The lowest BCUT2D eigenvalue weighted by molar-refractivity contribution is -0.141. The maximum absolute atomic E-state index is 12.8. The number of hydrogen-bond donors (Lipinski definition) is 1. The standard InChI is InChI=1S/C19H20N2O4/c1-12-4-3-5-13(6-12)14-7-15(10-20-9-14)18(22)21-11-16(25-2)8-17(21)19(23)24/h3-7,9-10,16-17H,8,11H2,1-2H3,(H,23,24). The van der Waals surface area contributed by atoms with E-state index in [1.54, 1.807) is 12.3 Å². The Balaban J connectivity index is 1.90. The van der Waals surface area contributed by atoms with Gasteiger partial charge in [-0.05, 0) is 18.6 Å². The van der Waals surface area contributed by atoms with E-state index in [2.05, 4.69) is 4.98 Å². The topological polar surface area (TPSA) is 79.7 Å². The van der Waals surface area contributed by atoms with Crippen LogP contribution in [-0.2, 0) is 9.53 Å². The van der Waals surface area contributed by atoms with Gasteiger partial charge in [0.1, 0.15) is 6.04 Å². The number of ether oxygens (including phenoxy) is 1. The zero-order valence-corrected chi connectivity index (χ0v) is 14.2. The van der Waals surface area contributed by atoms with E-state index in [1.807, 2.05) is 31.2 Å². The molecule has 2 atom stereocenters. The normalized spacial score (nSPS) is 19.8. The molecule has 2 aromatic rings. The van der Waals surface area contributed by atoms with Gasteiger partial charge in [-0.1, -0.05) is 29.8 Å². The van der Waals surface area contributed by atoms with Crippen LogP contribution < -0.4 is 0 Å². The lowest BCUT2D eigenvalue weighted by Crippen LogP contribution is -2.40. The van der Waals surface area contributed by atoms with E-state index < -0.39 is 12.0 Å². The van der Waals surface area contributed by atoms with Crippen molar-refractivity contribution in [3.05, 3.63) is 53.9 Å². The lowest BCUT2D eigenvalue weighted by atomic mass is 10.0. The van der Waals surface area contributed by atoms with Crippen LogP contribution in [0.1, 0.15) is 22.3 Å². The van der Waals surface area contributed by atoms with Gasteiger partial charge in [0.25, 0.3) is 5.91 Å². The first-order chi connectivity index (χ1) is 12.0. The van der Waals surface area contributed by atoms with Gasteiger partial charge in [0.2, 0.25) is 0 Å². The number of amides is 1. The summed E-state index contributed by atoms with van der Waals surface area (Å²) in [5.41, 5.74) is 3.28. The van der Waals surface area contributed by atoms with E-state index in [0.29, 0.717) is 12.0 Å². The minimum atomic E-state index is -1.02. The smallest absolute Gasteiger partial charge is 0.326 e. The fourth-order valence-corrected chi connectivity index (χ4v) is 3.13. The van der Waals surface area contributed by atoms with Gasteiger partial charge < -0.3 is 14.7 Å². The van der Waals surface area contributed by atoms with Crippen molar-refractivity contribution in [3.63, 3.8) is 0 Å². The third kappa shape index (κ3) is 3.53. The van der Waals surface area contributed by atoms with E-state index in [9.17, 15) is 14.7 Å². The summed E-state index contributed by atoms with van der Waals surface area (Å²) in [6, 6.07) is 8.79. The summed E-state index contributed by atoms with van der Waals surface area (Å²) in [5, 5.41) is 9.39. The number of hydrogen-bond acceptors (Lipinski definition) is 4. The molecular formula is C19H20N2O4. The van der Waals surface area contributed by atoms with Crippen LogP contribution in [0.5, 0.6) is 0 Å². The molecule has 0 saturated carbocycles. The highest BCUT2D eigenvalue weighted by Gasteiger charge is 2.40. The molecule has 2 unspecified atom stereocenters. The third-order valence-corrected chi connectivity index (χ3v) is 4.48. The number of carboxylic acid groups (broad SMARTS) is 1. The first-order valence-electron chi connectivity index (χ1n) is 8.08. The molecule has 1 aliphatic rings. The van der Waals surface area contributed by atoms with Crippen LogP contribution in [0.4, 0.5) is 0 Å². The summed E-state index contributed by atoms with van der Waals surface area (Å²) in [6.07, 6.45) is 3.20. The molecule has 1 aromatic carbocycles. The average Bonchev–Trinajstić information content (AvgIpc) is 3.06. The highest BCUT2D eigenvalue weighted by molar-refractivity contribution is 5.97. The van der Waals surface area contributed by atoms with Crippen molar-refractivity contribution < 1.29 is 19.4 Å². The Hall–Kier alpha value is -2.73. The lowest BCUT2D eigenvalue weighted by Gasteiger charge is -2.21.